The summed E-state index contributed by atoms with van der Waals surface area (Å²) in [4.78, 5) is 11.0. The Morgan fingerprint density at radius 1 is 1.09 bits per heavy atom. The van der Waals surface area contributed by atoms with Gasteiger partial charge in [-0.25, -0.2) is 0 Å². The van der Waals surface area contributed by atoms with E-state index >= 15 is 0 Å². The molecule has 9 nitrogen and oxygen atoms in total. The lowest BCUT2D eigenvalue weighted by Crippen LogP contribution is -2.41. The van der Waals surface area contributed by atoms with E-state index in [1.807, 2.05) is 0 Å². The van der Waals surface area contributed by atoms with Crippen LogP contribution in [0.15, 0.2) is 0 Å². The zero-order valence-electron chi connectivity index (χ0n) is 12.4. The molecule has 0 unspecified atom stereocenters. The summed E-state index contributed by atoms with van der Waals surface area (Å²) in [6.45, 7) is 1.34. The molecule has 0 radical (unpaired) electrons. The van der Waals surface area contributed by atoms with Crippen molar-refractivity contribution >= 4 is 37.1 Å². The molecular weight excluding hydrogens is 360 g/mol. The summed E-state index contributed by atoms with van der Waals surface area (Å²) < 4.78 is 65.5. The van der Waals surface area contributed by atoms with Crippen LogP contribution in [0, 0.1) is 0 Å². The van der Waals surface area contributed by atoms with Crippen LogP contribution in [0.2, 0.25) is 0 Å². The van der Waals surface area contributed by atoms with E-state index in [4.69, 9.17) is 17.8 Å². The van der Waals surface area contributed by atoms with Gasteiger partial charge in [0.05, 0.1) is 12.5 Å². The van der Waals surface area contributed by atoms with Crippen molar-refractivity contribution in [1.29, 1.82) is 0 Å². The molecule has 1 saturated heterocycles. The zero-order valence-corrected chi connectivity index (χ0v) is 14.9. The fraction of sp³-hybridized carbons (Fsp3) is 0.900. The first-order valence-corrected chi connectivity index (χ1v) is 10.6. The second-order valence-corrected chi connectivity index (χ2v) is 9.01. The minimum atomic E-state index is -3.90. The molecule has 1 aliphatic heterocycles. The Morgan fingerprint density at radius 2 is 1.59 bits per heavy atom. The standard InChI is InChI=1S/C10H18O9S3/c1-6(11)20-5-7-8(18-21(3,12)13)9(10(16-2)17-7)19-22(4,14)15/h7-10H,5H2,1-4H3/t7-,8-,9+,10-/m0/s1. The zero-order chi connectivity index (χ0) is 17.1. The first-order valence-electron chi connectivity index (χ1n) is 6.01. The number of ether oxygens (including phenoxy) is 2. The van der Waals surface area contributed by atoms with Gasteiger partial charge in [0.25, 0.3) is 20.2 Å². The van der Waals surface area contributed by atoms with Gasteiger partial charge < -0.3 is 9.47 Å². The highest BCUT2D eigenvalue weighted by Gasteiger charge is 2.50. The monoisotopic (exact) mass is 378 g/mol. The molecule has 1 aliphatic rings. The largest absolute Gasteiger partial charge is 0.353 e. The second-order valence-electron chi connectivity index (χ2n) is 4.61. The molecule has 0 amide bonds. The lowest BCUT2D eigenvalue weighted by atomic mass is 10.2. The van der Waals surface area contributed by atoms with E-state index in [0.29, 0.717) is 0 Å². The van der Waals surface area contributed by atoms with Crippen LogP contribution in [0.5, 0.6) is 0 Å². The van der Waals surface area contributed by atoms with Gasteiger partial charge in [0.2, 0.25) is 0 Å². The van der Waals surface area contributed by atoms with Crippen LogP contribution in [0.3, 0.4) is 0 Å². The van der Waals surface area contributed by atoms with E-state index in [1.165, 1.54) is 14.0 Å². The van der Waals surface area contributed by atoms with Gasteiger partial charge in [0.1, 0.15) is 12.2 Å². The van der Waals surface area contributed by atoms with Crippen LogP contribution in [0.1, 0.15) is 6.92 Å². The van der Waals surface area contributed by atoms with Gasteiger partial charge in [0, 0.05) is 19.8 Å². The topological polar surface area (TPSA) is 122 Å². The fourth-order valence-corrected chi connectivity index (χ4v) is 3.75. The van der Waals surface area contributed by atoms with Gasteiger partial charge >= 0.3 is 0 Å². The SMILES string of the molecule is CO[C@H]1O[C@@H](CSC(C)=O)[C@H](OS(C)(=O)=O)[C@H]1OS(C)(=O)=O. The number of carbonyl (C=O) groups is 1. The third-order valence-corrected chi connectivity index (χ3v) is 4.57. The molecule has 0 spiro atoms. The molecule has 1 rings (SSSR count). The fourth-order valence-electron chi connectivity index (χ4n) is 1.84. The average molecular weight is 378 g/mol. The highest BCUT2D eigenvalue weighted by atomic mass is 32.2. The second kappa shape index (κ2) is 7.55. The van der Waals surface area contributed by atoms with Crippen LogP contribution in [0.4, 0.5) is 0 Å². The average Bonchev–Trinajstić information content (AvgIpc) is 2.61. The van der Waals surface area contributed by atoms with E-state index in [9.17, 15) is 21.6 Å². The number of carbonyl (C=O) groups excluding carboxylic acids is 1. The highest BCUT2D eigenvalue weighted by Crippen LogP contribution is 2.31. The van der Waals surface area contributed by atoms with Crippen LogP contribution in [0.25, 0.3) is 0 Å². The molecule has 12 heteroatoms. The quantitative estimate of drug-likeness (QED) is 0.527. The van der Waals surface area contributed by atoms with Crippen LogP contribution in [-0.4, -0.2) is 71.9 Å². The number of rotatable bonds is 7. The summed E-state index contributed by atoms with van der Waals surface area (Å²) in [5.41, 5.74) is 0. The van der Waals surface area contributed by atoms with Gasteiger partial charge in [-0.2, -0.15) is 16.8 Å². The van der Waals surface area contributed by atoms with Crippen molar-refractivity contribution in [3.63, 3.8) is 0 Å². The maximum absolute atomic E-state index is 11.4. The Bertz CT molecular complexity index is 597. The first kappa shape index (κ1) is 19.8. The van der Waals surface area contributed by atoms with Crippen molar-refractivity contribution in [2.45, 2.75) is 31.5 Å². The van der Waals surface area contributed by atoms with Gasteiger partial charge in [0.15, 0.2) is 17.5 Å². The summed E-state index contributed by atoms with van der Waals surface area (Å²) in [7, 11) is -6.55. The number of hydrogen-bond acceptors (Lipinski definition) is 10. The predicted molar refractivity (Wildman–Crippen MR) is 78.2 cm³/mol. The molecule has 0 aromatic heterocycles. The third-order valence-electron chi connectivity index (χ3n) is 2.52. The molecule has 130 valence electrons. The summed E-state index contributed by atoms with van der Waals surface area (Å²) in [6.07, 6.45) is -2.94. The van der Waals surface area contributed by atoms with E-state index < -0.39 is 44.8 Å². The van der Waals surface area contributed by atoms with Gasteiger partial charge in [-0.05, 0) is 0 Å². The van der Waals surface area contributed by atoms with Crippen molar-refractivity contribution in [1.82, 2.24) is 0 Å². The molecule has 22 heavy (non-hydrogen) atoms. The number of methoxy groups -OCH3 is 1. The van der Waals surface area contributed by atoms with Gasteiger partial charge in [-0.3, -0.25) is 13.2 Å². The van der Waals surface area contributed by atoms with E-state index in [0.717, 1.165) is 24.3 Å². The molecule has 0 aliphatic carbocycles. The molecule has 4 atom stereocenters. The van der Waals surface area contributed by atoms with Gasteiger partial charge in [-0.1, -0.05) is 11.8 Å². The van der Waals surface area contributed by atoms with Crippen LogP contribution in [-0.2, 0) is 42.9 Å². The van der Waals surface area contributed by atoms with E-state index in [1.54, 1.807) is 0 Å². The minimum Gasteiger partial charge on any atom is -0.353 e. The number of thioether (sulfide) groups is 1. The maximum atomic E-state index is 11.4. The van der Waals surface area contributed by atoms with Crippen molar-refractivity contribution < 1.29 is 39.5 Å². The molecule has 0 aromatic rings. The Labute approximate surface area is 133 Å². The minimum absolute atomic E-state index is 0.0685. The summed E-state index contributed by atoms with van der Waals surface area (Å²) in [5.74, 6) is 0.0685. The lowest BCUT2D eigenvalue weighted by Gasteiger charge is -2.21. The Morgan fingerprint density at radius 3 is 2.00 bits per heavy atom. The summed E-state index contributed by atoms with van der Waals surface area (Å²) in [5, 5.41) is -0.205. The molecule has 0 aromatic carbocycles. The van der Waals surface area contributed by atoms with E-state index in [2.05, 4.69) is 0 Å². The Balaban J connectivity index is 3.04. The summed E-state index contributed by atoms with van der Waals surface area (Å²) in [6, 6.07) is 0. The van der Waals surface area contributed by atoms with Crippen molar-refractivity contribution in [3.8, 4) is 0 Å². The Hall–Kier alpha value is -0.240. The van der Waals surface area contributed by atoms with Crippen molar-refractivity contribution in [3.05, 3.63) is 0 Å². The van der Waals surface area contributed by atoms with Gasteiger partial charge in [-0.15, -0.1) is 0 Å². The first-order chi connectivity index (χ1) is 9.93. The number of hydrogen-bond donors (Lipinski definition) is 0. The predicted octanol–water partition coefficient (Wildman–Crippen LogP) is -0.673. The normalized spacial score (nSPS) is 29.6. The summed E-state index contributed by atoms with van der Waals surface area (Å²) >= 11 is 0.892. The lowest BCUT2D eigenvalue weighted by molar-refractivity contribution is -0.138. The molecule has 0 bridgehead atoms. The van der Waals surface area contributed by atoms with Crippen LogP contribution >= 0.6 is 11.8 Å². The highest BCUT2D eigenvalue weighted by molar-refractivity contribution is 8.13. The maximum Gasteiger partial charge on any atom is 0.264 e. The van der Waals surface area contributed by atoms with E-state index in [-0.39, 0.29) is 10.9 Å². The van der Waals surface area contributed by atoms with Crippen molar-refractivity contribution in [2.75, 3.05) is 25.4 Å². The smallest absolute Gasteiger partial charge is 0.264 e. The third kappa shape index (κ3) is 6.48. The molecule has 0 saturated carbocycles. The van der Waals surface area contributed by atoms with Crippen LogP contribution < -0.4 is 0 Å². The molecule has 1 fully saturated rings. The molecule has 0 N–H and O–H groups in total. The molecule has 1 heterocycles. The molecular formula is C10H18O9S3. The Kier molecular flexibility index (Phi) is 6.80. The van der Waals surface area contributed by atoms with Crippen molar-refractivity contribution in [2.24, 2.45) is 0 Å².